The quantitative estimate of drug-likeness (QED) is 0.789. The minimum Gasteiger partial charge on any atom is -0.314 e. The summed E-state index contributed by atoms with van der Waals surface area (Å²) in [7, 11) is 0. The van der Waals surface area contributed by atoms with Crippen molar-refractivity contribution in [2.45, 2.75) is 57.9 Å². The first-order chi connectivity index (χ1) is 8.23. The topological polar surface area (TPSA) is 15.3 Å². The molecular formula is C15H28N2. The molecule has 2 aliphatic carbocycles. The van der Waals surface area contributed by atoms with E-state index in [-0.39, 0.29) is 0 Å². The fourth-order valence-electron chi connectivity index (χ4n) is 3.43. The van der Waals surface area contributed by atoms with Gasteiger partial charge in [0.1, 0.15) is 0 Å². The summed E-state index contributed by atoms with van der Waals surface area (Å²) in [6, 6.07) is 0.820. The van der Waals surface area contributed by atoms with Gasteiger partial charge in [0.2, 0.25) is 0 Å². The first-order valence-corrected chi connectivity index (χ1v) is 7.69. The number of rotatable bonds is 5. The highest BCUT2D eigenvalue weighted by molar-refractivity contribution is 4.89. The summed E-state index contributed by atoms with van der Waals surface area (Å²) < 4.78 is 0. The van der Waals surface area contributed by atoms with E-state index in [1.165, 1.54) is 71.1 Å². The van der Waals surface area contributed by atoms with Crippen LogP contribution in [0.25, 0.3) is 0 Å². The molecule has 0 bridgehead atoms. The number of hydrogen-bond donors (Lipinski definition) is 1. The van der Waals surface area contributed by atoms with E-state index in [4.69, 9.17) is 0 Å². The van der Waals surface area contributed by atoms with E-state index >= 15 is 0 Å². The summed E-state index contributed by atoms with van der Waals surface area (Å²) in [5, 5.41) is 3.77. The van der Waals surface area contributed by atoms with Gasteiger partial charge in [-0.3, -0.25) is 0 Å². The number of likely N-dealkylation sites (tertiary alicyclic amines) is 1. The Labute approximate surface area is 106 Å². The van der Waals surface area contributed by atoms with Gasteiger partial charge in [0.15, 0.2) is 0 Å². The van der Waals surface area contributed by atoms with E-state index in [1.807, 2.05) is 0 Å². The lowest BCUT2D eigenvalue weighted by Gasteiger charge is -2.44. The molecule has 1 N–H and O–H groups in total. The summed E-state index contributed by atoms with van der Waals surface area (Å²) >= 11 is 0. The van der Waals surface area contributed by atoms with Crippen LogP contribution in [0, 0.1) is 11.3 Å². The second kappa shape index (κ2) is 4.89. The summed E-state index contributed by atoms with van der Waals surface area (Å²) in [5.74, 6) is 1.03. The Bertz CT molecular complexity index is 248. The van der Waals surface area contributed by atoms with Gasteiger partial charge in [-0.25, -0.2) is 0 Å². The van der Waals surface area contributed by atoms with Crippen LogP contribution >= 0.6 is 0 Å². The molecule has 2 heteroatoms. The summed E-state index contributed by atoms with van der Waals surface area (Å²) in [4.78, 5) is 2.72. The van der Waals surface area contributed by atoms with Crippen LogP contribution in [0.1, 0.15) is 51.9 Å². The molecule has 3 fully saturated rings. The third-order valence-corrected chi connectivity index (χ3v) is 5.15. The van der Waals surface area contributed by atoms with Gasteiger partial charge >= 0.3 is 0 Å². The van der Waals surface area contributed by atoms with Crippen molar-refractivity contribution in [1.82, 2.24) is 10.2 Å². The Hall–Kier alpha value is -0.0800. The van der Waals surface area contributed by atoms with E-state index in [0.717, 1.165) is 12.0 Å². The van der Waals surface area contributed by atoms with E-state index in [9.17, 15) is 0 Å². The van der Waals surface area contributed by atoms with Crippen LogP contribution in [-0.4, -0.2) is 37.1 Å². The molecule has 2 nitrogen and oxygen atoms in total. The van der Waals surface area contributed by atoms with Crippen molar-refractivity contribution >= 4 is 0 Å². The van der Waals surface area contributed by atoms with Crippen LogP contribution in [0.3, 0.4) is 0 Å². The van der Waals surface area contributed by atoms with Gasteiger partial charge in [-0.1, -0.05) is 13.3 Å². The summed E-state index contributed by atoms with van der Waals surface area (Å²) in [6.07, 6.45) is 10.1. The van der Waals surface area contributed by atoms with Crippen molar-refractivity contribution in [3.63, 3.8) is 0 Å². The van der Waals surface area contributed by atoms with Crippen molar-refractivity contribution in [3.8, 4) is 0 Å². The van der Waals surface area contributed by atoms with Crippen molar-refractivity contribution < 1.29 is 0 Å². The van der Waals surface area contributed by atoms with Crippen molar-refractivity contribution in [1.29, 1.82) is 0 Å². The average molecular weight is 236 g/mol. The SMILES string of the molecule is CC1(CN2CCC(NCC3CC3)CC2)CCC1. The largest absolute Gasteiger partial charge is 0.314 e. The molecule has 17 heavy (non-hydrogen) atoms. The Kier molecular flexibility index (Phi) is 3.45. The molecule has 2 saturated carbocycles. The molecule has 0 aromatic carbocycles. The Morgan fingerprint density at radius 3 is 2.35 bits per heavy atom. The minimum absolute atomic E-state index is 0.675. The van der Waals surface area contributed by atoms with Crippen LogP contribution in [-0.2, 0) is 0 Å². The lowest BCUT2D eigenvalue weighted by atomic mass is 9.70. The third-order valence-electron chi connectivity index (χ3n) is 5.15. The van der Waals surface area contributed by atoms with Gasteiger partial charge in [-0.05, 0) is 69.5 Å². The predicted octanol–water partition coefficient (Wildman–Crippen LogP) is 2.64. The molecule has 3 aliphatic rings. The van der Waals surface area contributed by atoms with Crippen molar-refractivity contribution in [3.05, 3.63) is 0 Å². The monoisotopic (exact) mass is 236 g/mol. The van der Waals surface area contributed by atoms with Gasteiger partial charge in [-0.15, -0.1) is 0 Å². The lowest BCUT2D eigenvalue weighted by Crippen LogP contribution is -2.47. The molecule has 0 spiro atoms. The minimum atomic E-state index is 0.675. The zero-order chi connectivity index (χ0) is 11.7. The smallest absolute Gasteiger partial charge is 0.00915 e. The standard InChI is InChI=1S/C15H28N2/c1-15(7-2-8-15)12-17-9-5-14(6-10-17)16-11-13-3-4-13/h13-14,16H,2-12H2,1H3. The molecule has 98 valence electrons. The molecule has 0 unspecified atom stereocenters. The molecule has 0 atom stereocenters. The lowest BCUT2D eigenvalue weighted by molar-refractivity contribution is 0.0681. The first-order valence-electron chi connectivity index (χ1n) is 7.69. The highest BCUT2D eigenvalue weighted by Crippen LogP contribution is 2.41. The maximum Gasteiger partial charge on any atom is 0.00915 e. The second-order valence-electron chi connectivity index (χ2n) is 7.07. The van der Waals surface area contributed by atoms with Crippen LogP contribution in [0.2, 0.25) is 0 Å². The molecule has 0 aromatic rings. The Morgan fingerprint density at radius 2 is 1.82 bits per heavy atom. The van der Waals surface area contributed by atoms with Gasteiger partial charge in [0, 0.05) is 12.6 Å². The zero-order valence-corrected chi connectivity index (χ0v) is 11.4. The fourth-order valence-corrected chi connectivity index (χ4v) is 3.43. The average Bonchev–Trinajstić information content (AvgIpc) is 3.10. The van der Waals surface area contributed by atoms with Crippen LogP contribution in [0.5, 0.6) is 0 Å². The molecule has 0 amide bonds. The first kappa shape index (κ1) is 12.0. The summed E-state index contributed by atoms with van der Waals surface area (Å²) in [5.41, 5.74) is 0.675. The highest BCUT2D eigenvalue weighted by Gasteiger charge is 2.34. The van der Waals surface area contributed by atoms with Crippen LogP contribution in [0.4, 0.5) is 0 Å². The van der Waals surface area contributed by atoms with Crippen LogP contribution in [0.15, 0.2) is 0 Å². The molecule has 1 heterocycles. The maximum absolute atomic E-state index is 3.77. The number of hydrogen-bond acceptors (Lipinski definition) is 2. The third kappa shape index (κ3) is 3.23. The highest BCUT2D eigenvalue weighted by atomic mass is 15.1. The second-order valence-corrected chi connectivity index (χ2v) is 7.07. The maximum atomic E-state index is 3.77. The number of nitrogens with one attached hydrogen (secondary N) is 1. The number of nitrogens with zero attached hydrogens (tertiary/aromatic N) is 1. The number of piperidine rings is 1. The zero-order valence-electron chi connectivity index (χ0n) is 11.4. The van der Waals surface area contributed by atoms with Crippen molar-refractivity contribution in [2.75, 3.05) is 26.2 Å². The van der Waals surface area contributed by atoms with Gasteiger partial charge in [0.25, 0.3) is 0 Å². The Morgan fingerprint density at radius 1 is 1.12 bits per heavy atom. The van der Waals surface area contributed by atoms with Gasteiger partial charge in [-0.2, -0.15) is 0 Å². The summed E-state index contributed by atoms with van der Waals surface area (Å²) in [6.45, 7) is 7.80. The van der Waals surface area contributed by atoms with Crippen LogP contribution < -0.4 is 5.32 Å². The molecule has 1 aliphatic heterocycles. The van der Waals surface area contributed by atoms with Crippen molar-refractivity contribution in [2.24, 2.45) is 11.3 Å². The van der Waals surface area contributed by atoms with E-state index in [2.05, 4.69) is 17.1 Å². The van der Waals surface area contributed by atoms with E-state index in [1.54, 1.807) is 0 Å². The van der Waals surface area contributed by atoms with E-state index < -0.39 is 0 Å². The molecular weight excluding hydrogens is 208 g/mol. The predicted molar refractivity (Wildman–Crippen MR) is 72.1 cm³/mol. The Balaban J connectivity index is 1.34. The van der Waals surface area contributed by atoms with Gasteiger partial charge in [0.05, 0.1) is 0 Å². The molecule has 0 radical (unpaired) electrons. The normalized spacial score (nSPS) is 30.2. The molecule has 0 aromatic heterocycles. The fraction of sp³-hybridized carbons (Fsp3) is 1.00. The molecule has 3 rings (SSSR count). The van der Waals surface area contributed by atoms with Gasteiger partial charge < -0.3 is 10.2 Å². The van der Waals surface area contributed by atoms with E-state index in [0.29, 0.717) is 5.41 Å². The molecule has 1 saturated heterocycles.